The molecule has 0 atom stereocenters. The molecule has 0 radical (unpaired) electrons. The van der Waals surface area contributed by atoms with Gasteiger partial charge in [0.15, 0.2) is 0 Å². The third-order valence-corrected chi connectivity index (χ3v) is 3.69. The summed E-state index contributed by atoms with van der Waals surface area (Å²) in [5, 5.41) is 14.9. The summed E-state index contributed by atoms with van der Waals surface area (Å²) in [5.41, 5.74) is 3.07. The van der Waals surface area contributed by atoms with Gasteiger partial charge in [-0.15, -0.1) is 0 Å². The Kier molecular flexibility index (Phi) is 5.31. The molecule has 0 unspecified atom stereocenters. The van der Waals surface area contributed by atoms with E-state index in [-0.39, 0.29) is 10.6 Å². The molecule has 4 nitrogen and oxygen atoms in total. The molecule has 5 heteroatoms. The minimum Gasteiger partial charge on any atom is -0.312 e. The van der Waals surface area contributed by atoms with Crippen molar-refractivity contribution in [2.75, 3.05) is 6.54 Å². The van der Waals surface area contributed by atoms with Crippen LogP contribution < -0.4 is 5.32 Å². The lowest BCUT2D eigenvalue weighted by Crippen LogP contribution is -2.17. The molecule has 0 heterocycles. The van der Waals surface area contributed by atoms with Crippen molar-refractivity contribution >= 4 is 17.3 Å². The maximum absolute atomic E-state index is 10.9. The van der Waals surface area contributed by atoms with Crippen LogP contribution in [0.1, 0.15) is 16.7 Å². The zero-order valence-electron chi connectivity index (χ0n) is 11.8. The lowest BCUT2D eigenvalue weighted by Gasteiger charge is -2.08. The Labute approximate surface area is 128 Å². The number of rotatable bonds is 6. The van der Waals surface area contributed by atoms with Gasteiger partial charge in [-0.05, 0) is 43.1 Å². The molecule has 0 aliphatic heterocycles. The molecule has 0 bridgehead atoms. The first kappa shape index (κ1) is 15.5. The molecule has 0 aliphatic rings. The quantitative estimate of drug-likeness (QED) is 0.500. The molecule has 0 aromatic heterocycles. The number of nitro benzene ring substituents is 1. The molecule has 2 aromatic carbocycles. The SMILES string of the molecule is Cc1c(CNCCc2ccc(Cl)cc2)cccc1[N+](=O)[O-]. The van der Waals surface area contributed by atoms with Crippen LogP contribution in [0.25, 0.3) is 0 Å². The fourth-order valence-electron chi connectivity index (χ4n) is 2.17. The molecule has 0 saturated carbocycles. The number of nitro groups is 1. The lowest BCUT2D eigenvalue weighted by molar-refractivity contribution is -0.385. The van der Waals surface area contributed by atoms with Gasteiger partial charge >= 0.3 is 0 Å². The summed E-state index contributed by atoms with van der Waals surface area (Å²) in [7, 11) is 0. The van der Waals surface area contributed by atoms with Crippen LogP contribution in [0.4, 0.5) is 5.69 Å². The molecule has 0 aliphatic carbocycles. The predicted molar refractivity (Wildman–Crippen MR) is 84.7 cm³/mol. The van der Waals surface area contributed by atoms with Crippen molar-refractivity contribution in [3.05, 3.63) is 74.3 Å². The average Bonchev–Trinajstić information content (AvgIpc) is 2.46. The highest BCUT2D eigenvalue weighted by Gasteiger charge is 2.12. The largest absolute Gasteiger partial charge is 0.312 e. The van der Waals surface area contributed by atoms with Gasteiger partial charge in [-0.2, -0.15) is 0 Å². The fourth-order valence-corrected chi connectivity index (χ4v) is 2.29. The highest BCUT2D eigenvalue weighted by molar-refractivity contribution is 6.30. The van der Waals surface area contributed by atoms with E-state index in [1.165, 1.54) is 11.6 Å². The monoisotopic (exact) mass is 304 g/mol. The van der Waals surface area contributed by atoms with E-state index in [0.29, 0.717) is 6.54 Å². The molecule has 2 rings (SSSR count). The third kappa shape index (κ3) is 4.28. The fraction of sp³-hybridized carbons (Fsp3) is 0.250. The molecular formula is C16H17ClN2O2. The third-order valence-electron chi connectivity index (χ3n) is 3.43. The summed E-state index contributed by atoms with van der Waals surface area (Å²) >= 11 is 5.84. The molecule has 2 aromatic rings. The van der Waals surface area contributed by atoms with Crippen molar-refractivity contribution in [3.63, 3.8) is 0 Å². The van der Waals surface area contributed by atoms with Gasteiger partial charge in [-0.25, -0.2) is 0 Å². The van der Waals surface area contributed by atoms with Gasteiger partial charge in [0, 0.05) is 23.2 Å². The maximum atomic E-state index is 10.9. The molecule has 1 N–H and O–H groups in total. The van der Waals surface area contributed by atoms with Gasteiger partial charge in [-0.1, -0.05) is 35.9 Å². The zero-order chi connectivity index (χ0) is 15.2. The van der Waals surface area contributed by atoms with Crippen molar-refractivity contribution in [1.82, 2.24) is 5.32 Å². The predicted octanol–water partition coefficient (Wildman–Crippen LogP) is 3.89. The average molecular weight is 305 g/mol. The first-order chi connectivity index (χ1) is 10.1. The van der Waals surface area contributed by atoms with Crippen molar-refractivity contribution in [2.24, 2.45) is 0 Å². The second-order valence-corrected chi connectivity index (χ2v) is 5.31. The molecule has 0 fully saturated rings. The van der Waals surface area contributed by atoms with Crippen molar-refractivity contribution in [3.8, 4) is 0 Å². The Balaban J connectivity index is 1.88. The zero-order valence-corrected chi connectivity index (χ0v) is 12.6. The highest BCUT2D eigenvalue weighted by Crippen LogP contribution is 2.20. The number of benzene rings is 2. The Morgan fingerprint density at radius 3 is 2.57 bits per heavy atom. The minimum absolute atomic E-state index is 0.173. The van der Waals surface area contributed by atoms with Crippen LogP contribution in [0.5, 0.6) is 0 Å². The summed E-state index contributed by atoms with van der Waals surface area (Å²) in [5.74, 6) is 0. The van der Waals surface area contributed by atoms with Crippen LogP contribution in [0.3, 0.4) is 0 Å². The minimum atomic E-state index is -0.341. The van der Waals surface area contributed by atoms with Crippen molar-refractivity contribution in [1.29, 1.82) is 0 Å². The number of halogens is 1. The Morgan fingerprint density at radius 1 is 1.19 bits per heavy atom. The van der Waals surface area contributed by atoms with Gasteiger partial charge in [0.25, 0.3) is 5.69 Å². The smallest absolute Gasteiger partial charge is 0.272 e. The van der Waals surface area contributed by atoms with Crippen LogP contribution in [0.15, 0.2) is 42.5 Å². The first-order valence-electron chi connectivity index (χ1n) is 6.76. The lowest BCUT2D eigenvalue weighted by atomic mass is 10.1. The number of nitrogens with zero attached hydrogens (tertiary/aromatic N) is 1. The first-order valence-corrected chi connectivity index (χ1v) is 7.14. The van der Waals surface area contributed by atoms with Gasteiger partial charge < -0.3 is 5.32 Å². The standard InChI is InChI=1S/C16H17ClN2O2/c1-12-14(3-2-4-16(12)19(20)21)11-18-10-9-13-5-7-15(17)8-6-13/h2-8,18H,9-11H2,1H3. The summed E-state index contributed by atoms with van der Waals surface area (Å²) in [4.78, 5) is 10.6. The van der Waals surface area contributed by atoms with Gasteiger partial charge in [-0.3, -0.25) is 10.1 Å². The normalized spacial score (nSPS) is 10.6. The number of nitrogens with one attached hydrogen (secondary N) is 1. The molecule has 0 saturated heterocycles. The van der Waals surface area contributed by atoms with Gasteiger partial charge in [0.2, 0.25) is 0 Å². The Bertz CT molecular complexity index is 627. The van der Waals surface area contributed by atoms with Gasteiger partial charge in [0.1, 0.15) is 0 Å². The number of hydrogen-bond acceptors (Lipinski definition) is 3. The summed E-state index contributed by atoms with van der Waals surface area (Å²) in [6.07, 6.45) is 0.894. The van der Waals surface area contributed by atoms with E-state index in [2.05, 4.69) is 5.32 Å². The van der Waals surface area contributed by atoms with E-state index >= 15 is 0 Å². The number of hydrogen-bond donors (Lipinski definition) is 1. The van der Waals surface area contributed by atoms with Crippen LogP contribution in [-0.2, 0) is 13.0 Å². The molecule has 0 spiro atoms. The van der Waals surface area contributed by atoms with Gasteiger partial charge in [0.05, 0.1) is 4.92 Å². The summed E-state index contributed by atoms with van der Waals surface area (Å²) < 4.78 is 0. The molecular weight excluding hydrogens is 288 g/mol. The van der Waals surface area contributed by atoms with E-state index in [4.69, 9.17) is 11.6 Å². The van der Waals surface area contributed by atoms with Crippen molar-refractivity contribution in [2.45, 2.75) is 19.9 Å². The van der Waals surface area contributed by atoms with E-state index < -0.39 is 0 Å². The molecule has 0 amide bonds. The van der Waals surface area contributed by atoms with Crippen LogP contribution in [-0.4, -0.2) is 11.5 Å². The molecule has 110 valence electrons. The highest BCUT2D eigenvalue weighted by atomic mass is 35.5. The Hall–Kier alpha value is -1.91. The van der Waals surface area contributed by atoms with Crippen LogP contribution in [0, 0.1) is 17.0 Å². The van der Waals surface area contributed by atoms with E-state index in [0.717, 1.165) is 29.1 Å². The maximum Gasteiger partial charge on any atom is 0.272 e. The van der Waals surface area contributed by atoms with E-state index in [1.54, 1.807) is 13.0 Å². The van der Waals surface area contributed by atoms with Crippen LogP contribution >= 0.6 is 11.6 Å². The Morgan fingerprint density at radius 2 is 1.90 bits per heavy atom. The van der Waals surface area contributed by atoms with E-state index in [1.807, 2.05) is 30.3 Å². The van der Waals surface area contributed by atoms with Crippen LogP contribution in [0.2, 0.25) is 5.02 Å². The van der Waals surface area contributed by atoms with Crippen molar-refractivity contribution < 1.29 is 4.92 Å². The molecule has 21 heavy (non-hydrogen) atoms. The van der Waals surface area contributed by atoms with E-state index in [9.17, 15) is 10.1 Å². The summed E-state index contributed by atoms with van der Waals surface area (Å²) in [6.45, 7) is 3.22. The summed E-state index contributed by atoms with van der Waals surface area (Å²) in [6, 6.07) is 12.9. The second kappa shape index (κ2) is 7.20. The topological polar surface area (TPSA) is 55.2 Å². The second-order valence-electron chi connectivity index (χ2n) is 4.87.